The van der Waals surface area contributed by atoms with Crippen molar-refractivity contribution in [3.8, 4) is 0 Å². The largest absolute Gasteiger partial charge is 0.355 e. The molecule has 108 valence electrons. The van der Waals surface area contributed by atoms with Gasteiger partial charge in [0.1, 0.15) is 0 Å². The third-order valence-electron chi connectivity index (χ3n) is 3.09. The number of hydrogen-bond acceptors (Lipinski definition) is 3. The molecular formula is C16H16N2O3. The van der Waals surface area contributed by atoms with Gasteiger partial charge in [-0.25, -0.2) is 0 Å². The lowest BCUT2D eigenvalue weighted by Gasteiger charge is -2.05. The molecule has 0 aliphatic rings. The smallest absolute Gasteiger partial charge is 0.269 e. The van der Waals surface area contributed by atoms with Crippen LogP contribution in [0.2, 0.25) is 0 Å². The molecule has 0 aliphatic heterocycles. The van der Waals surface area contributed by atoms with E-state index in [4.69, 9.17) is 0 Å². The number of hydrogen-bond donors (Lipinski definition) is 1. The van der Waals surface area contributed by atoms with Crippen LogP contribution in [0.4, 0.5) is 5.69 Å². The van der Waals surface area contributed by atoms with Crippen LogP contribution in [0, 0.1) is 10.1 Å². The van der Waals surface area contributed by atoms with E-state index in [0.717, 1.165) is 11.1 Å². The van der Waals surface area contributed by atoms with Gasteiger partial charge in [-0.05, 0) is 17.5 Å². The van der Waals surface area contributed by atoms with Crippen LogP contribution >= 0.6 is 0 Å². The highest BCUT2D eigenvalue weighted by Gasteiger charge is 2.05. The van der Waals surface area contributed by atoms with Crippen molar-refractivity contribution in [2.24, 2.45) is 0 Å². The highest BCUT2D eigenvalue weighted by Crippen LogP contribution is 2.11. The van der Waals surface area contributed by atoms with Crippen LogP contribution in [-0.2, 0) is 17.6 Å². The second-order valence-electron chi connectivity index (χ2n) is 4.69. The Morgan fingerprint density at radius 1 is 1.00 bits per heavy atom. The van der Waals surface area contributed by atoms with Crippen molar-refractivity contribution in [3.63, 3.8) is 0 Å². The summed E-state index contributed by atoms with van der Waals surface area (Å²) in [5.41, 5.74) is 2.01. The van der Waals surface area contributed by atoms with Crippen molar-refractivity contribution >= 4 is 11.6 Å². The normalized spacial score (nSPS) is 10.1. The van der Waals surface area contributed by atoms with Gasteiger partial charge in [0.05, 0.1) is 11.3 Å². The van der Waals surface area contributed by atoms with Crippen LogP contribution < -0.4 is 5.32 Å². The topological polar surface area (TPSA) is 72.2 Å². The summed E-state index contributed by atoms with van der Waals surface area (Å²) in [4.78, 5) is 21.9. The molecule has 0 heterocycles. The van der Waals surface area contributed by atoms with Crippen LogP contribution in [0.15, 0.2) is 54.6 Å². The Balaban J connectivity index is 1.76. The Labute approximate surface area is 122 Å². The minimum atomic E-state index is -0.425. The van der Waals surface area contributed by atoms with Gasteiger partial charge in [0.15, 0.2) is 0 Å². The van der Waals surface area contributed by atoms with Gasteiger partial charge in [-0.1, -0.05) is 42.5 Å². The fraction of sp³-hybridized carbons (Fsp3) is 0.188. The fourth-order valence-corrected chi connectivity index (χ4v) is 1.97. The lowest BCUT2D eigenvalue weighted by molar-refractivity contribution is -0.384. The maximum atomic E-state index is 11.7. The number of benzene rings is 2. The van der Waals surface area contributed by atoms with Gasteiger partial charge >= 0.3 is 0 Å². The molecule has 5 nitrogen and oxygen atoms in total. The summed E-state index contributed by atoms with van der Waals surface area (Å²) >= 11 is 0. The van der Waals surface area contributed by atoms with Crippen LogP contribution in [0.1, 0.15) is 11.1 Å². The standard InChI is InChI=1S/C16H16N2O3/c19-16(12-14-4-2-1-3-5-14)17-11-10-13-6-8-15(9-7-13)18(20)21/h1-9H,10-12H2,(H,17,19). The Morgan fingerprint density at radius 2 is 1.67 bits per heavy atom. The minimum Gasteiger partial charge on any atom is -0.355 e. The van der Waals surface area contributed by atoms with Gasteiger partial charge < -0.3 is 5.32 Å². The maximum absolute atomic E-state index is 11.7. The van der Waals surface area contributed by atoms with E-state index in [9.17, 15) is 14.9 Å². The van der Waals surface area contributed by atoms with Crippen LogP contribution in [0.5, 0.6) is 0 Å². The molecule has 2 aromatic rings. The molecule has 2 aromatic carbocycles. The molecule has 5 heteroatoms. The quantitative estimate of drug-likeness (QED) is 0.654. The molecule has 0 unspecified atom stereocenters. The Morgan fingerprint density at radius 3 is 2.29 bits per heavy atom. The highest BCUT2D eigenvalue weighted by molar-refractivity contribution is 5.78. The molecule has 0 fully saturated rings. The van der Waals surface area contributed by atoms with Crippen LogP contribution in [0.3, 0.4) is 0 Å². The monoisotopic (exact) mass is 284 g/mol. The molecule has 0 saturated heterocycles. The summed E-state index contributed by atoms with van der Waals surface area (Å²) in [5.74, 6) is -0.0249. The molecule has 0 spiro atoms. The zero-order chi connectivity index (χ0) is 15.1. The summed E-state index contributed by atoms with van der Waals surface area (Å²) in [6.45, 7) is 0.517. The first-order valence-electron chi connectivity index (χ1n) is 6.69. The number of nitro groups is 1. The molecule has 0 aliphatic carbocycles. The average molecular weight is 284 g/mol. The number of nitrogens with one attached hydrogen (secondary N) is 1. The van der Waals surface area contributed by atoms with Crippen molar-refractivity contribution in [2.75, 3.05) is 6.54 Å². The highest BCUT2D eigenvalue weighted by atomic mass is 16.6. The van der Waals surface area contributed by atoms with E-state index in [0.29, 0.717) is 19.4 Å². The lowest BCUT2D eigenvalue weighted by Crippen LogP contribution is -2.27. The van der Waals surface area contributed by atoms with Crippen LogP contribution in [-0.4, -0.2) is 17.4 Å². The van der Waals surface area contributed by atoms with Crippen molar-refractivity contribution in [3.05, 3.63) is 75.8 Å². The molecule has 1 N–H and O–H groups in total. The van der Waals surface area contributed by atoms with Crippen LogP contribution in [0.25, 0.3) is 0 Å². The summed E-state index contributed by atoms with van der Waals surface area (Å²) in [7, 11) is 0. The van der Waals surface area contributed by atoms with E-state index in [1.54, 1.807) is 12.1 Å². The molecule has 2 rings (SSSR count). The molecule has 0 radical (unpaired) electrons. The van der Waals surface area contributed by atoms with E-state index in [2.05, 4.69) is 5.32 Å². The van der Waals surface area contributed by atoms with Crippen molar-refractivity contribution in [2.45, 2.75) is 12.8 Å². The molecule has 0 aromatic heterocycles. The second kappa shape index (κ2) is 7.19. The van der Waals surface area contributed by atoms with Crippen molar-refractivity contribution in [1.82, 2.24) is 5.32 Å². The number of amides is 1. The van der Waals surface area contributed by atoms with E-state index in [1.807, 2.05) is 30.3 Å². The van der Waals surface area contributed by atoms with E-state index < -0.39 is 4.92 Å². The molecule has 0 saturated carbocycles. The molecule has 21 heavy (non-hydrogen) atoms. The number of carbonyl (C=O) groups excluding carboxylic acids is 1. The number of rotatable bonds is 6. The van der Waals surface area contributed by atoms with Gasteiger partial charge in [0.2, 0.25) is 5.91 Å². The summed E-state index contributed by atoms with van der Waals surface area (Å²) < 4.78 is 0. The first-order chi connectivity index (χ1) is 10.1. The second-order valence-corrected chi connectivity index (χ2v) is 4.69. The van der Waals surface area contributed by atoms with E-state index >= 15 is 0 Å². The summed E-state index contributed by atoms with van der Waals surface area (Å²) in [5, 5.41) is 13.4. The first kappa shape index (κ1) is 14.7. The van der Waals surface area contributed by atoms with Gasteiger partial charge in [-0.3, -0.25) is 14.9 Å². The zero-order valence-electron chi connectivity index (χ0n) is 11.5. The summed E-state index contributed by atoms with van der Waals surface area (Å²) in [6.07, 6.45) is 1.01. The predicted octanol–water partition coefficient (Wildman–Crippen LogP) is 2.50. The lowest BCUT2D eigenvalue weighted by atomic mass is 10.1. The Bertz CT molecular complexity index is 609. The van der Waals surface area contributed by atoms with Gasteiger partial charge in [-0.2, -0.15) is 0 Å². The minimum absolute atomic E-state index is 0.0249. The SMILES string of the molecule is O=C(Cc1ccccc1)NCCc1ccc([N+](=O)[O-])cc1. The van der Waals surface area contributed by atoms with Gasteiger partial charge in [0.25, 0.3) is 5.69 Å². The average Bonchev–Trinajstić information content (AvgIpc) is 2.49. The van der Waals surface area contributed by atoms with E-state index in [-0.39, 0.29) is 11.6 Å². The number of nitrogens with zero attached hydrogens (tertiary/aromatic N) is 1. The maximum Gasteiger partial charge on any atom is 0.269 e. The third-order valence-corrected chi connectivity index (χ3v) is 3.09. The molecule has 0 bridgehead atoms. The number of carbonyl (C=O) groups is 1. The third kappa shape index (κ3) is 4.72. The van der Waals surface area contributed by atoms with Gasteiger partial charge in [-0.15, -0.1) is 0 Å². The number of non-ortho nitro benzene ring substituents is 1. The number of nitro benzene ring substituents is 1. The Hall–Kier alpha value is -2.69. The molecular weight excluding hydrogens is 268 g/mol. The summed E-state index contributed by atoms with van der Waals surface area (Å²) in [6, 6.07) is 15.9. The Kier molecular flexibility index (Phi) is 5.04. The van der Waals surface area contributed by atoms with Gasteiger partial charge in [0, 0.05) is 18.7 Å². The first-order valence-corrected chi connectivity index (χ1v) is 6.69. The molecule has 1 amide bonds. The fourth-order valence-electron chi connectivity index (χ4n) is 1.97. The predicted molar refractivity (Wildman–Crippen MR) is 80.0 cm³/mol. The van der Waals surface area contributed by atoms with E-state index in [1.165, 1.54) is 12.1 Å². The zero-order valence-corrected chi connectivity index (χ0v) is 11.5. The van der Waals surface area contributed by atoms with Crippen molar-refractivity contribution < 1.29 is 9.72 Å². The van der Waals surface area contributed by atoms with Crippen molar-refractivity contribution in [1.29, 1.82) is 0 Å². The molecule has 0 atom stereocenters.